The van der Waals surface area contributed by atoms with Crippen molar-refractivity contribution in [2.75, 3.05) is 19.5 Å². The van der Waals surface area contributed by atoms with E-state index in [9.17, 15) is 4.79 Å². The van der Waals surface area contributed by atoms with Crippen molar-refractivity contribution in [3.8, 4) is 0 Å². The molecular formula is C12H10ClIN2O2. The summed E-state index contributed by atoms with van der Waals surface area (Å²) >= 11 is 8.21. The lowest BCUT2D eigenvalue weighted by atomic mass is 10.1. The van der Waals surface area contributed by atoms with E-state index in [1.165, 1.54) is 13.3 Å². The SMILES string of the molecule is CNc1c(C(=O)OC)cnc2c(I)cc(Cl)cc12. The number of rotatable bonds is 2. The Morgan fingerprint density at radius 3 is 2.83 bits per heavy atom. The van der Waals surface area contributed by atoms with Crippen LogP contribution in [0.5, 0.6) is 0 Å². The molecule has 1 N–H and O–H groups in total. The molecule has 0 atom stereocenters. The molecular weight excluding hydrogens is 367 g/mol. The van der Waals surface area contributed by atoms with Gasteiger partial charge in [0.15, 0.2) is 0 Å². The minimum atomic E-state index is -0.427. The lowest BCUT2D eigenvalue weighted by molar-refractivity contribution is 0.0601. The van der Waals surface area contributed by atoms with Gasteiger partial charge in [-0.1, -0.05) is 11.6 Å². The molecule has 2 aromatic rings. The summed E-state index contributed by atoms with van der Waals surface area (Å²) in [5, 5.41) is 4.41. The number of nitrogens with zero attached hydrogens (tertiary/aromatic N) is 1. The van der Waals surface area contributed by atoms with Gasteiger partial charge >= 0.3 is 5.97 Å². The summed E-state index contributed by atoms with van der Waals surface area (Å²) in [6.07, 6.45) is 1.51. The van der Waals surface area contributed by atoms with Crippen LogP contribution in [0.25, 0.3) is 10.9 Å². The summed E-state index contributed by atoms with van der Waals surface area (Å²) < 4.78 is 5.67. The molecule has 0 spiro atoms. The number of carbonyl (C=O) groups is 1. The van der Waals surface area contributed by atoms with E-state index in [1.807, 2.05) is 6.07 Å². The van der Waals surface area contributed by atoms with Gasteiger partial charge in [-0.3, -0.25) is 4.98 Å². The van der Waals surface area contributed by atoms with Crippen molar-refractivity contribution in [1.29, 1.82) is 0 Å². The van der Waals surface area contributed by atoms with E-state index in [1.54, 1.807) is 13.1 Å². The summed E-state index contributed by atoms with van der Waals surface area (Å²) in [5.41, 5.74) is 1.87. The highest BCUT2D eigenvalue weighted by Gasteiger charge is 2.16. The Bertz CT molecular complexity index is 631. The highest BCUT2D eigenvalue weighted by Crippen LogP contribution is 2.31. The second-order valence-electron chi connectivity index (χ2n) is 3.57. The number of methoxy groups -OCH3 is 1. The van der Waals surface area contributed by atoms with Gasteiger partial charge in [0.1, 0.15) is 5.56 Å². The standard InChI is InChI=1S/C12H10ClIN2O2/c1-15-10-7-3-6(13)4-9(14)11(7)16-5-8(10)12(17)18-2/h3-5H,1-2H3,(H,15,16). The lowest BCUT2D eigenvalue weighted by Gasteiger charge is -2.11. The maximum atomic E-state index is 11.7. The number of halogens is 2. The first-order chi connectivity index (χ1) is 8.58. The number of esters is 1. The molecule has 1 aromatic heterocycles. The molecule has 0 aliphatic heterocycles. The van der Waals surface area contributed by atoms with Crippen LogP contribution in [0.2, 0.25) is 5.02 Å². The lowest BCUT2D eigenvalue weighted by Crippen LogP contribution is -2.07. The summed E-state index contributed by atoms with van der Waals surface area (Å²) in [5.74, 6) is -0.427. The van der Waals surface area contributed by atoms with Crippen LogP contribution in [0.15, 0.2) is 18.3 Å². The van der Waals surface area contributed by atoms with Gasteiger partial charge in [-0.05, 0) is 34.7 Å². The molecule has 1 heterocycles. The van der Waals surface area contributed by atoms with Crippen molar-refractivity contribution >= 4 is 56.8 Å². The Labute approximate surface area is 123 Å². The van der Waals surface area contributed by atoms with E-state index < -0.39 is 5.97 Å². The minimum Gasteiger partial charge on any atom is -0.465 e. The van der Waals surface area contributed by atoms with Crippen LogP contribution < -0.4 is 5.32 Å². The van der Waals surface area contributed by atoms with Crippen LogP contribution in [0.4, 0.5) is 5.69 Å². The topological polar surface area (TPSA) is 51.2 Å². The van der Waals surface area contributed by atoms with Crippen LogP contribution in [-0.2, 0) is 4.74 Å². The van der Waals surface area contributed by atoms with Crippen LogP contribution in [0.1, 0.15) is 10.4 Å². The number of aromatic nitrogens is 1. The third-order valence-corrected chi connectivity index (χ3v) is 3.59. The summed E-state index contributed by atoms with van der Waals surface area (Å²) in [6.45, 7) is 0. The van der Waals surface area contributed by atoms with Crippen molar-refractivity contribution in [3.63, 3.8) is 0 Å². The average Bonchev–Trinajstić information content (AvgIpc) is 2.36. The molecule has 0 fully saturated rings. The Morgan fingerprint density at radius 2 is 2.22 bits per heavy atom. The predicted octanol–water partition coefficient (Wildman–Crippen LogP) is 3.32. The molecule has 94 valence electrons. The third-order valence-electron chi connectivity index (χ3n) is 2.54. The second kappa shape index (κ2) is 5.27. The van der Waals surface area contributed by atoms with Crippen molar-refractivity contribution in [2.45, 2.75) is 0 Å². The number of nitrogens with one attached hydrogen (secondary N) is 1. The summed E-state index contributed by atoms with van der Waals surface area (Å²) in [6, 6.07) is 3.61. The zero-order chi connectivity index (χ0) is 13.3. The van der Waals surface area contributed by atoms with E-state index in [0.717, 1.165) is 14.5 Å². The van der Waals surface area contributed by atoms with E-state index in [4.69, 9.17) is 16.3 Å². The number of hydrogen-bond acceptors (Lipinski definition) is 4. The molecule has 2 rings (SSSR count). The molecule has 0 radical (unpaired) electrons. The quantitative estimate of drug-likeness (QED) is 0.645. The molecule has 0 aliphatic carbocycles. The number of benzene rings is 1. The Kier molecular flexibility index (Phi) is 3.91. The number of pyridine rings is 1. The Hall–Kier alpha value is -1.08. The zero-order valence-corrected chi connectivity index (χ0v) is 12.7. The fourth-order valence-electron chi connectivity index (χ4n) is 1.76. The first-order valence-electron chi connectivity index (χ1n) is 5.12. The molecule has 0 saturated carbocycles. The fourth-order valence-corrected chi connectivity index (χ4v) is 2.93. The van der Waals surface area contributed by atoms with E-state index in [2.05, 4.69) is 32.9 Å². The second-order valence-corrected chi connectivity index (χ2v) is 5.17. The number of carbonyl (C=O) groups excluding carboxylic acids is 1. The van der Waals surface area contributed by atoms with Crippen LogP contribution in [-0.4, -0.2) is 25.1 Å². The van der Waals surface area contributed by atoms with Crippen molar-refractivity contribution < 1.29 is 9.53 Å². The van der Waals surface area contributed by atoms with Gasteiger partial charge in [0.2, 0.25) is 0 Å². The van der Waals surface area contributed by atoms with Gasteiger partial charge in [-0.2, -0.15) is 0 Å². The van der Waals surface area contributed by atoms with E-state index in [-0.39, 0.29) is 0 Å². The molecule has 0 aliphatic rings. The molecule has 1 aromatic carbocycles. The molecule has 4 nitrogen and oxygen atoms in total. The minimum absolute atomic E-state index is 0.394. The van der Waals surface area contributed by atoms with Crippen molar-refractivity contribution in [2.24, 2.45) is 0 Å². The Balaban J connectivity index is 2.82. The van der Waals surface area contributed by atoms with Gasteiger partial charge in [0, 0.05) is 27.2 Å². The summed E-state index contributed by atoms with van der Waals surface area (Å²) in [4.78, 5) is 16.0. The maximum Gasteiger partial charge on any atom is 0.341 e. The van der Waals surface area contributed by atoms with Crippen LogP contribution in [0.3, 0.4) is 0 Å². The molecule has 0 saturated heterocycles. The normalized spacial score (nSPS) is 10.4. The molecule has 18 heavy (non-hydrogen) atoms. The van der Waals surface area contributed by atoms with Gasteiger partial charge in [0.05, 0.1) is 18.3 Å². The highest BCUT2D eigenvalue weighted by atomic mass is 127. The van der Waals surface area contributed by atoms with Crippen LogP contribution in [0, 0.1) is 3.57 Å². The van der Waals surface area contributed by atoms with Crippen molar-refractivity contribution in [3.05, 3.63) is 32.5 Å². The number of fused-ring (bicyclic) bond motifs is 1. The first kappa shape index (κ1) is 13.4. The molecule has 0 amide bonds. The van der Waals surface area contributed by atoms with Gasteiger partial charge in [-0.25, -0.2) is 4.79 Å². The largest absolute Gasteiger partial charge is 0.465 e. The maximum absolute atomic E-state index is 11.7. The molecule has 0 bridgehead atoms. The fraction of sp³-hybridized carbons (Fsp3) is 0.167. The zero-order valence-electron chi connectivity index (χ0n) is 9.75. The van der Waals surface area contributed by atoms with Gasteiger partial charge < -0.3 is 10.1 Å². The third kappa shape index (κ3) is 2.24. The van der Waals surface area contributed by atoms with Crippen molar-refractivity contribution in [1.82, 2.24) is 4.98 Å². The van der Waals surface area contributed by atoms with Gasteiger partial charge in [-0.15, -0.1) is 0 Å². The number of anilines is 1. The Morgan fingerprint density at radius 1 is 1.50 bits per heavy atom. The van der Waals surface area contributed by atoms with E-state index in [0.29, 0.717) is 16.3 Å². The highest BCUT2D eigenvalue weighted by molar-refractivity contribution is 14.1. The smallest absolute Gasteiger partial charge is 0.341 e. The number of hydrogen-bond donors (Lipinski definition) is 1. The average molecular weight is 377 g/mol. The molecule has 0 unspecified atom stereocenters. The summed E-state index contributed by atoms with van der Waals surface area (Å²) in [7, 11) is 3.09. The van der Waals surface area contributed by atoms with Crippen LogP contribution >= 0.6 is 34.2 Å². The number of ether oxygens (including phenoxy) is 1. The monoisotopic (exact) mass is 376 g/mol. The molecule has 6 heteroatoms. The van der Waals surface area contributed by atoms with Gasteiger partial charge in [0.25, 0.3) is 0 Å². The van der Waals surface area contributed by atoms with E-state index >= 15 is 0 Å². The first-order valence-corrected chi connectivity index (χ1v) is 6.58. The predicted molar refractivity (Wildman–Crippen MR) is 80.4 cm³/mol.